The molecule has 90 valence electrons. The summed E-state index contributed by atoms with van der Waals surface area (Å²) in [5.41, 5.74) is 0. The van der Waals surface area contributed by atoms with E-state index in [0.717, 1.165) is 25.8 Å². The fourth-order valence-electron chi connectivity index (χ4n) is 2.48. The summed E-state index contributed by atoms with van der Waals surface area (Å²) < 4.78 is 0. The molecule has 2 fully saturated rings. The molecule has 1 unspecified atom stereocenters. The zero-order chi connectivity index (χ0) is 11.5. The molecule has 2 aliphatic heterocycles. The van der Waals surface area contributed by atoms with Gasteiger partial charge in [0.25, 0.3) is 0 Å². The predicted octanol–water partition coefficient (Wildman–Crippen LogP) is -0.408. The van der Waals surface area contributed by atoms with Gasteiger partial charge in [0.05, 0.1) is 13.2 Å². The van der Waals surface area contributed by atoms with Gasteiger partial charge in [-0.3, -0.25) is 19.4 Å². The molecule has 0 aromatic rings. The third kappa shape index (κ3) is 2.25. The fraction of sp³-hybridized carbons (Fsp3) is 0.818. The average molecular weight is 226 g/mol. The molecular weight excluding hydrogens is 208 g/mol. The molecule has 1 N–H and O–H groups in total. The molecule has 2 rings (SSSR count). The van der Waals surface area contributed by atoms with Crippen LogP contribution in [0.15, 0.2) is 0 Å². The zero-order valence-corrected chi connectivity index (χ0v) is 9.39. The van der Waals surface area contributed by atoms with Crippen molar-refractivity contribution >= 4 is 11.8 Å². The van der Waals surface area contributed by atoms with Crippen molar-refractivity contribution in [1.29, 1.82) is 0 Å². The van der Waals surface area contributed by atoms with Crippen molar-refractivity contribution in [2.24, 2.45) is 0 Å². The van der Waals surface area contributed by atoms with Crippen LogP contribution in [0.2, 0.25) is 0 Å². The van der Waals surface area contributed by atoms with E-state index < -0.39 is 0 Å². The maximum absolute atomic E-state index is 11.9. The first kappa shape index (κ1) is 11.5. The number of hydrogen-bond acceptors (Lipinski definition) is 4. The van der Waals surface area contributed by atoms with Gasteiger partial charge in [0.15, 0.2) is 0 Å². The molecule has 5 heteroatoms. The minimum absolute atomic E-state index is 0.0512. The normalized spacial score (nSPS) is 26.7. The lowest BCUT2D eigenvalue weighted by Crippen LogP contribution is -2.43. The monoisotopic (exact) mass is 226 g/mol. The molecule has 5 nitrogen and oxygen atoms in total. The lowest BCUT2D eigenvalue weighted by atomic mass is 10.2. The quantitative estimate of drug-likeness (QED) is 0.711. The number of carbonyl (C=O) groups excluding carboxylic acids is 2. The molecule has 0 spiro atoms. The summed E-state index contributed by atoms with van der Waals surface area (Å²) in [6.45, 7) is 1.78. The van der Waals surface area contributed by atoms with Gasteiger partial charge in [0.2, 0.25) is 11.8 Å². The van der Waals surface area contributed by atoms with Crippen molar-refractivity contribution in [3.63, 3.8) is 0 Å². The summed E-state index contributed by atoms with van der Waals surface area (Å²) in [5, 5.41) is 9.13. The number of likely N-dealkylation sites (tertiary alicyclic amines) is 2. The average Bonchev–Trinajstić information content (AvgIpc) is 2.86. The SMILES string of the molecule is O=C1CCCN1C(=O)CN1CCCC1CO. The lowest BCUT2D eigenvalue weighted by Gasteiger charge is -2.24. The van der Waals surface area contributed by atoms with Gasteiger partial charge >= 0.3 is 0 Å². The molecule has 2 aliphatic rings. The van der Waals surface area contributed by atoms with Crippen LogP contribution in [-0.2, 0) is 9.59 Å². The third-order valence-electron chi connectivity index (χ3n) is 3.42. The highest BCUT2D eigenvalue weighted by Crippen LogP contribution is 2.17. The second-order valence-electron chi connectivity index (χ2n) is 4.49. The number of rotatable bonds is 3. The van der Waals surface area contributed by atoms with E-state index in [1.807, 2.05) is 4.90 Å². The van der Waals surface area contributed by atoms with Crippen LogP contribution in [0.1, 0.15) is 25.7 Å². The van der Waals surface area contributed by atoms with Crippen molar-refractivity contribution in [1.82, 2.24) is 9.80 Å². The van der Waals surface area contributed by atoms with Crippen LogP contribution in [0.25, 0.3) is 0 Å². The lowest BCUT2D eigenvalue weighted by molar-refractivity contribution is -0.142. The summed E-state index contributed by atoms with van der Waals surface area (Å²) >= 11 is 0. The van der Waals surface area contributed by atoms with Gasteiger partial charge in [-0.25, -0.2) is 0 Å². The minimum Gasteiger partial charge on any atom is -0.395 e. The van der Waals surface area contributed by atoms with E-state index in [0.29, 0.717) is 13.0 Å². The zero-order valence-electron chi connectivity index (χ0n) is 9.39. The standard InChI is InChI=1S/C11H18N2O3/c14-8-9-3-1-5-12(9)7-11(16)13-6-2-4-10(13)15/h9,14H,1-8H2. The van der Waals surface area contributed by atoms with Gasteiger partial charge in [-0.15, -0.1) is 0 Å². The second-order valence-corrected chi connectivity index (χ2v) is 4.49. The van der Waals surface area contributed by atoms with E-state index >= 15 is 0 Å². The molecule has 0 radical (unpaired) electrons. The van der Waals surface area contributed by atoms with E-state index in [9.17, 15) is 9.59 Å². The molecule has 0 aromatic carbocycles. The van der Waals surface area contributed by atoms with Crippen LogP contribution >= 0.6 is 0 Å². The highest BCUT2D eigenvalue weighted by Gasteiger charge is 2.31. The van der Waals surface area contributed by atoms with Crippen LogP contribution in [0.3, 0.4) is 0 Å². The van der Waals surface area contributed by atoms with Crippen LogP contribution < -0.4 is 0 Å². The number of amides is 2. The molecule has 2 amide bonds. The topological polar surface area (TPSA) is 60.9 Å². The Hall–Kier alpha value is -0.940. The number of nitrogens with zero attached hydrogens (tertiary/aromatic N) is 2. The van der Waals surface area contributed by atoms with Gasteiger partial charge in [-0.05, 0) is 25.8 Å². The number of imide groups is 1. The van der Waals surface area contributed by atoms with Crippen LogP contribution in [-0.4, -0.2) is 59.0 Å². The number of hydrogen-bond donors (Lipinski definition) is 1. The summed E-state index contributed by atoms with van der Waals surface area (Å²) in [4.78, 5) is 26.6. The molecule has 0 bridgehead atoms. The first-order valence-corrected chi connectivity index (χ1v) is 5.90. The van der Waals surface area contributed by atoms with Gasteiger partial charge < -0.3 is 5.11 Å². The van der Waals surface area contributed by atoms with E-state index in [1.54, 1.807) is 0 Å². The molecule has 2 heterocycles. The summed E-state index contributed by atoms with van der Waals surface area (Å²) in [7, 11) is 0. The number of aliphatic hydroxyl groups excluding tert-OH is 1. The number of carbonyl (C=O) groups is 2. The number of aliphatic hydroxyl groups is 1. The van der Waals surface area contributed by atoms with Gasteiger partial charge in [0, 0.05) is 19.0 Å². The van der Waals surface area contributed by atoms with E-state index in [2.05, 4.69) is 0 Å². The third-order valence-corrected chi connectivity index (χ3v) is 3.42. The van der Waals surface area contributed by atoms with Gasteiger partial charge in [-0.2, -0.15) is 0 Å². The smallest absolute Gasteiger partial charge is 0.243 e. The van der Waals surface area contributed by atoms with E-state index in [1.165, 1.54) is 4.90 Å². The second kappa shape index (κ2) is 4.93. The molecule has 0 aliphatic carbocycles. The summed E-state index contributed by atoms with van der Waals surface area (Å²) in [6, 6.07) is 0.0988. The Balaban J connectivity index is 1.89. The fourth-order valence-corrected chi connectivity index (χ4v) is 2.48. The Bertz CT molecular complexity index is 293. The maximum atomic E-state index is 11.9. The van der Waals surface area contributed by atoms with Crippen molar-refractivity contribution in [3.8, 4) is 0 Å². The Morgan fingerprint density at radius 3 is 2.81 bits per heavy atom. The minimum atomic E-state index is -0.108. The van der Waals surface area contributed by atoms with E-state index in [-0.39, 0.29) is 31.0 Å². The van der Waals surface area contributed by atoms with Crippen molar-refractivity contribution in [2.45, 2.75) is 31.7 Å². The maximum Gasteiger partial charge on any atom is 0.243 e. The molecule has 0 saturated carbocycles. The van der Waals surface area contributed by atoms with Crippen molar-refractivity contribution in [3.05, 3.63) is 0 Å². The highest BCUT2D eigenvalue weighted by atomic mass is 16.3. The Morgan fingerprint density at radius 2 is 2.19 bits per heavy atom. The molecule has 0 aromatic heterocycles. The van der Waals surface area contributed by atoms with E-state index in [4.69, 9.17) is 5.11 Å². The Kier molecular flexibility index (Phi) is 3.56. The van der Waals surface area contributed by atoms with Gasteiger partial charge in [-0.1, -0.05) is 0 Å². The van der Waals surface area contributed by atoms with Crippen molar-refractivity contribution in [2.75, 3.05) is 26.2 Å². The first-order valence-electron chi connectivity index (χ1n) is 5.90. The predicted molar refractivity (Wildman–Crippen MR) is 57.6 cm³/mol. The Labute approximate surface area is 95.0 Å². The van der Waals surface area contributed by atoms with Crippen LogP contribution in [0.5, 0.6) is 0 Å². The summed E-state index contributed by atoms with van der Waals surface area (Å²) in [5.74, 6) is -0.160. The largest absolute Gasteiger partial charge is 0.395 e. The Morgan fingerprint density at radius 1 is 1.38 bits per heavy atom. The summed E-state index contributed by atoms with van der Waals surface area (Å²) in [6.07, 6.45) is 3.24. The first-order chi connectivity index (χ1) is 7.72. The van der Waals surface area contributed by atoms with Gasteiger partial charge in [0.1, 0.15) is 0 Å². The van der Waals surface area contributed by atoms with Crippen LogP contribution in [0, 0.1) is 0 Å². The van der Waals surface area contributed by atoms with Crippen molar-refractivity contribution < 1.29 is 14.7 Å². The molecular formula is C11H18N2O3. The molecule has 2 saturated heterocycles. The molecule has 16 heavy (non-hydrogen) atoms. The van der Waals surface area contributed by atoms with Crippen LogP contribution in [0.4, 0.5) is 0 Å². The molecule has 1 atom stereocenters. The highest BCUT2D eigenvalue weighted by molar-refractivity contribution is 5.97.